The Balaban J connectivity index is 1.77. The molecule has 2 aromatic carbocycles. The van der Waals surface area contributed by atoms with Gasteiger partial charge in [0.15, 0.2) is 5.43 Å². The molecule has 0 bridgehead atoms. The molecule has 1 fully saturated rings. The number of piperidine rings is 1. The lowest BCUT2D eigenvalue weighted by Gasteiger charge is -2.41. The molecule has 192 valence electrons. The SMILES string of the molecule is Cc1cc(F)ccc1-c1cc(C2CCN(C(C)(C)C)CC2)cc2c(-c3c(C)cccc3Cl)c(=O)ccn12. The first-order valence-corrected chi connectivity index (χ1v) is 13.4. The number of halogens is 2. The van der Waals surface area contributed by atoms with Crippen LogP contribution in [0.5, 0.6) is 0 Å². The molecule has 0 radical (unpaired) electrons. The molecule has 37 heavy (non-hydrogen) atoms. The Kier molecular flexibility index (Phi) is 6.76. The van der Waals surface area contributed by atoms with E-state index in [1.165, 1.54) is 11.6 Å². The zero-order valence-corrected chi connectivity index (χ0v) is 23.0. The predicted octanol–water partition coefficient (Wildman–Crippen LogP) is 8.02. The number of fused-ring (bicyclic) bond motifs is 1. The normalized spacial score (nSPS) is 15.4. The molecular weight excluding hydrogens is 483 g/mol. The number of hydrogen-bond donors (Lipinski definition) is 0. The van der Waals surface area contributed by atoms with Gasteiger partial charge in [-0.2, -0.15) is 0 Å². The van der Waals surface area contributed by atoms with Crippen LogP contribution < -0.4 is 5.43 Å². The summed E-state index contributed by atoms with van der Waals surface area (Å²) in [6, 6.07) is 16.7. The first-order valence-electron chi connectivity index (χ1n) is 13.0. The quantitative estimate of drug-likeness (QED) is 0.275. The van der Waals surface area contributed by atoms with Crippen molar-refractivity contribution in [1.82, 2.24) is 9.30 Å². The number of likely N-dealkylation sites (tertiary alicyclic amines) is 1. The molecule has 0 N–H and O–H groups in total. The van der Waals surface area contributed by atoms with Crippen molar-refractivity contribution in [2.24, 2.45) is 0 Å². The second kappa shape index (κ2) is 9.74. The first kappa shape index (κ1) is 25.7. The van der Waals surface area contributed by atoms with Crippen LogP contribution in [-0.4, -0.2) is 27.9 Å². The Morgan fingerprint density at radius 2 is 1.65 bits per heavy atom. The van der Waals surface area contributed by atoms with E-state index in [1.54, 1.807) is 12.1 Å². The van der Waals surface area contributed by atoms with Gasteiger partial charge in [-0.05, 0) is 120 Å². The third kappa shape index (κ3) is 4.85. The molecule has 2 aromatic heterocycles. The Labute approximate surface area is 223 Å². The Bertz CT molecular complexity index is 1520. The molecule has 0 aliphatic carbocycles. The Morgan fingerprint density at radius 1 is 0.919 bits per heavy atom. The zero-order chi connectivity index (χ0) is 26.5. The highest BCUT2D eigenvalue weighted by molar-refractivity contribution is 6.33. The maximum absolute atomic E-state index is 14.0. The number of aryl methyl sites for hydroxylation is 2. The van der Waals surface area contributed by atoms with Crippen LogP contribution in [0.15, 0.2) is 65.6 Å². The minimum Gasteiger partial charge on any atom is -0.316 e. The Hall–Kier alpha value is -2.95. The predicted molar refractivity (Wildman–Crippen MR) is 152 cm³/mol. The van der Waals surface area contributed by atoms with Gasteiger partial charge in [-0.3, -0.25) is 9.69 Å². The highest BCUT2D eigenvalue weighted by atomic mass is 35.5. The van der Waals surface area contributed by atoms with Gasteiger partial charge in [0.1, 0.15) is 5.82 Å². The fourth-order valence-corrected chi connectivity index (χ4v) is 6.09. The summed E-state index contributed by atoms with van der Waals surface area (Å²) in [6.45, 7) is 12.8. The summed E-state index contributed by atoms with van der Waals surface area (Å²) >= 11 is 6.69. The van der Waals surface area contributed by atoms with E-state index in [2.05, 4.69) is 42.2 Å². The summed E-state index contributed by atoms with van der Waals surface area (Å²) in [6.07, 6.45) is 3.93. The molecule has 5 heteroatoms. The molecule has 0 amide bonds. The van der Waals surface area contributed by atoms with Crippen molar-refractivity contribution in [3.8, 4) is 22.4 Å². The van der Waals surface area contributed by atoms with Crippen LogP contribution in [0.1, 0.15) is 56.2 Å². The van der Waals surface area contributed by atoms with Gasteiger partial charge in [-0.1, -0.05) is 23.7 Å². The smallest absolute Gasteiger partial charge is 0.190 e. The van der Waals surface area contributed by atoms with Crippen LogP contribution in [0.3, 0.4) is 0 Å². The summed E-state index contributed by atoms with van der Waals surface area (Å²) in [5.74, 6) is 0.120. The number of benzene rings is 2. The molecule has 0 spiro atoms. The average molecular weight is 517 g/mol. The maximum Gasteiger partial charge on any atom is 0.190 e. The molecule has 0 saturated carbocycles. The van der Waals surface area contributed by atoms with Crippen LogP contribution in [0.4, 0.5) is 4.39 Å². The van der Waals surface area contributed by atoms with Crippen LogP contribution in [0.25, 0.3) is 27.9 Å². The minimum absolute atomic E-state index is 0.0577. The van der Waals surface area contributed by atoms with Crippen molar-refractivity contribution >= 4 is 17.1 Å². The second-order valence-corrected chi connectivity index (χ2v) is 11.7. The number of nitrogens with zero attached hydrogens (tertiary/aromatic N) is 2. The van der Waals surface area contributed by atoms with E-state index in [0.717, 1.165) is 59.4 Å². The van der Waals surface area contributed by atoms with Gasteiger partial charge >= 0.3 is 0 Å². The lowest BCUT2D eigenvalue weighted by atomic mass is 9.86. The summed E-state index contributed by atoms with van der Waals surface area (Å²) in [4.78, 5) is 16.0. The van der Waals surface area contributed by atoms with Gasteiger partial charge in [-0.15, -0.1) is 0 Å². The zero-order valence-electron chi connectivity index (χ0n) is 22.2. The second-order valence-electron chi connectivity index (χ2n) is 11.3. The summed E-state index contributed by atoms with van der Waals surface area (Å²) in [5, 5.41) is 0.564. The fourth-order valence-electron chi connectivity index (χ4n) is 5.77. The van der Waals surface area contributed by atoms with Crippen molar-refractivity contribution < 1.29 is 4.39 Å². The molecule has 3 heterocycles. The van der Waals surface area contributed by atoms with Crippen molar-refractivity contribution in [2.45, 2.75) is 58.9 Å². The van der Waals surface area contributed by atoms with Gasteiger partial charge in [0, 0.05) is 34.0 Å². The number of pyridine rings is 2. The highest BCUT2D eigenvalue weighted by Gasteiger charge is 2.28. The van der Waals surface area contributed by atoms with E-state index in [0.29, 0.717) is 16.5 Å². The molecule has 4 aromatic rings. The van der Waals surface area contributed by atoms with Gasteiger partial charge in [0.2, 0.25) is 0 Å². The number of aromatic nitrogens is 1. The molecule has 5 rings (SSSR count). The number of rotatable bonds is 3. The van der Waals surface area contributed by atoms with Gasteiger partial charge < -0.3 is 4.40 Å². The van der Waals surface area contributed by atoms with Crippen molar-refractivity contribution in [3.05, 3.63) is 98.5 Å². The van der Waals surface area contributed by atoms with E-state index in [-0.39, 0.29) is 16.8 Å². The summed E-state index contributed by atoms with van der Waals surface area (Å²) in [7, 11) is 0. The fraction of sp³-hybridized carbons (Fsp3) is 0.344. The lowest BCUT2D eigenvalue weighted by Crippen LogP contribution is -2.45. The van der Waals surface area contributed by atoms with Gasteiger partial charge in [0.05, 0.1) is 16.8 Å². The standard InChI is InChI=1S/C32H34ClFN2O/c1-20-7-6-8-26(33)30(20)31-28-19-23(22-11-14-35(15-12-22)32(3,4)5)18-27(36(28)16-13-29(31)37)25-10-9-24(34)17-21(25)2/h6-10,13,16-19,22H,11-12,14-15H2,1-5H3. The largest absolute Gasteiger partial charge is 0.316 e. The van der Waals surface area contributed by atoms with E-state index < -0.39 is 0 Å². The van der Waals surface area contributed by atoms with E-state index in [9.17, 15) is 9.18 Å². The van der Waals surface area contributed by atoms with Gasteiger partial charge in [-0.25, -0.2) is 4.39 Å². The molecule has 1 aliphatic rings. The van der Waals surface area contributed by atoms with Crippen molar-refractivity contribution in [1.29, 1.82) is 0 Å². The third-order valence-electron chi connectivity index (χ3n) is 7.85. The summed E-state index contributed by atoms with van der Waals surface area (Å²) < 4.78 is 16.1. The monoisotopic (exact) mass is 516 g/mol. The van der Waals surface area contributed by atoms with Gasteiger partial charge in [0.25, 0.3) is 0 Å². The maximum atomic E-state index is 14.0. The van der Waals surface area contributed by atoms with E-state index in [4.69, 9.17) is 11.6 Å². The molecule has 1 saturated heterocycles. The van der Waals surface area contributed by atoms with Crippen LogP contribution in [-0.2, 0) is 0 Å². The van der Waals surface area contributed by atoms with Crippen LogP contribution >= 0.6 is 11.6 Å². The average Bonchev–Trinajstić information content (AvgIpc) is 2.84. The summed E-state index contributed by atoms with van der Waals surface area (Å²) in [5.41, 5.74) is 7.23. The molecule has 3 nitrogen and oxygen atoms in total. The van der Waals surface area contributed by atoms with E-state index >= 15 is 0 Å². The third-order valence-corrected chi connectivity index (χ3v) is 8.17. The first-order chi connectivity index (χ1) is 17.5. The van der Waals surface area contributed by atoms with E-state index in [1.807, 2.05) is 44.3 Å². The van der Waals surface area contributed by atoms with Crippen molar-refractivity contribution in [3.63, 3.8) is 0 Å². The molecular formula is C32H34ClFN2O. The van der Waals surface area contributed by atoms with Crippen LogP contribution in [0, 0.1) is 19.7 Å². The number of hydrogen-bond acceptors (Lipinski definition) is 2. The lowest BCUT2D eigenvalue weighted by molar-refractivity contribution is 0.102. The Morgan fingerprint density at radius 3 is 2.30 bits per heavy atom. The van der Waals surface area contributed by atoms with Crippen molar-refractivity contribution in [2.75, 3.05) is 13.1 Å². The molecule has 1 aliphatic heterocycles. The molecule has 0 atom stereocenters. The minimum atomic E-state index is -0.254. The topological polar surface area (TPSA) is 24.7 Å². The van der Waals surface area contributed by atoms with Crippen LogP contribution in [0.2, 0.25) is 5.02 Å². The highest BCUT2D eigenvalue weighted by Crippen LogP contribution is 2.38. The molecule has 0 unspecified atom stereocenters.